The van der Waals surface area contributed by atoms with Crippen LogP contribution in [0.5, 0.6) is 0 Å². The number of Topliss-reactive ketones (excluding diaryl/α,β-unsaturated/α-hetero) is 1. The first kappa shape index (κ1) is 23.8. The van der Waals surface area contributed by atoms with Crippen LogP contribution >= 0.6 is 0 Å². The lowest BCUT2D eigenvalue weighted by atomic mass is 9.53. The molecule has 0 aliphatic heterocycles. The molecule has 0 saturated heterocycles. The van der Waals surface area contributed by atoms with E-state index in [0.29, 0.717) is 48.2 Å². The topological polar surface area (TPSA) is 63.6 Å². The van der Waals surface area contributed by atoms with Crippen LogP contribution in [0.4, 0.5) is 0 Å². The Morgan fingerprint density at radius 1 is 1.23 bits per heavy atom. The number of ketones is 1. The molecule has 3 saturated carbocycles. The van der Waals surface area contributed by atoms with Gasteiger partial charge in [-0.1, -0.05) is 27.7 Å². The number of aliphatic hydroxyl groups is 1. The van der Waals surface area contributed by atoms with Crippen LogP contribution < -0.4 is 0 Å². The number of ether oxygens (including phenoxy) is 1. The SMILES string of the molecule is COC(=O)CC[C@@H](C)C1CC[C@@H](C)C1(C)CC[C@H]1CC(=O)CC2C[C@H](O)CCC21C. The van der Waals surface area contributed by atoms with Crippen molar-refractivity contribution in [2.24, 2.45) is 40.4 Å². The van der Waals surface area contributed by atoms with Gasteiger partial charge in [0, 0.05) is 19.3 Å². The average Bonchev–Trinajstić information content (AvgIpc) is 3.00. The van der Waals surface area contributed by atoms with Crippen molar-refractivity contribution in [3.8, 4) is 0 Å². The molecular formula is C26H44O4. The molecule has 172 valence electrons. The molecule has 0 aromatic rings. The van der Waals surface area contributed by atoms with Crippen LogP contribution in [0.15, 0.2) is 0 Å². The van der Waals surface area contributed by atoms with Crippen LogP contribution in [0.25, 0.3) is 0 Å². The summed E-state index contributed by atoms with van der Waals surface area (Å²) in [6.07, 6.45) is 10.1. The standard InChI is InChI=1S/C26H44O4/c1-17(6-9-24(29)30-5)23-8-7-18(2)25(23,3)12-10-19-14-22(28)16-20-15-21(27)11-13-26(19,20)4/h17-21,23,27H,6-16H2,1-5H3/t17-,18-,19+,20?,21-,23?,25?,26?/m1/s1. The molecule has 8 atom stereocenters. The van der Waals surface area contributed by atoms with E-state index < -0.39 is 0 Å². The molecule has 3 aliphatic carbocycles. The van der Waals surface area contributed by atoms with Crippen molar-refractivity contribution in [2.75, 3.05) is 7.11 Å². The molecule has 0 aromatic carbocycles. The van der Waals surface area contributed by atoms with Crippen molar-refractivity contribution >= 4 is 11.8 Å². The van der Waals surface area contributed by atoms with Crippen molar-refractivity contribution in [2.45, 2.75) is 104 Å². The van der Waals surface area contributed by atoms with E-state index >= 15 is 0 Å². The number of carbonyl (C=O) groups is 2. The highest BCUT2D eigenvalue weighted by molar-refractivity contribution is 5.80. The molecule has 0 aromatic heterocycles. The van der Waals surface area contributed by atoms with Gasteiger partial charge in [-0.05, 0) is 91.8 Å². The monoisotopic (exact) mass is 420 g/mol. The van der Waals surface area contributed by atoms with E-state index in [1.807, 2.05) is 0 Å². The largest absolute Gasteiger partial charge is 0.469 e. The number of aliphatic hydroxyl groups excluding tert-OH is 1. The van der Waals surface area contributed by atoms with Crippen molar-refractivity contribution < 1.29 is 19.4 Å². The van der Waals surface area contributed by atoms with E-state index in [0.717, 1.165) is 38.5 Å². The summed E-state index contributed by atoms with van der Waals surface area (Å²) in [7, 11) is 1.47. The van der Waals surface area contributed by atoms with Gasteiger partial charge in [-0.2, -0.15) is 0 Å². The third-order valence-corrected chi connectivity index (χ3v) is 10.0. The van der Waals surface area contributed by atoms with Gasteiger partial charge in [-0.15, -0.1) is 0 Å². The summed E-state index contributed by atoms with van der Waals surface area (Å²) < 4.78 is 4.85. The molecule has 3 rings (SSSR count). The molecule has 4 heteroatoms. The predicted octanol–water partition coefficient (Wildman–Crippen LogP) is 5.55. The Kier molecular flexibility index (Phi) is 7.37. The molecular weight excluding hydrogens is 376 g/mol. The fourth-order valence-electron chi connectivity index (χ4n) is 7.50. The van der Waals surface area contributed by atoms with Crippen molar-refractivity contribution in [1.82, 2.24) is 0 Å². The number of hydrogen-bond acceptors (Lipinski definition) is 4. The molecule has 3 aliphatic rings. The van der Waals surface area contributed by atoms with Gasteiger partial charge in [0.15, 0.2) is 0 Å². The fraction of sp³-hybridized carbons (Fsp3) is 0.923. The Morgan fingerprint density at radius 2 is 1.97 bits per heavy atom. The van der Waals surface area contributed by atoms with Crippen LogP contribution in [-0.2, 0) is 14.3 Å². The summed E-state index contributed by atoms with van der Waals surface area (Å²) in [6.45, 7) is 9.59. The normalized spacial score (nSPS) is 42.6. The first-order valence-corrected chi connectivity index (χ1v) is 12.4. The number of carbonyl (C=O) groups excluding carboxylic acids is 2. The summed E-state index contributed by atoms with van der Waals surface area (Å²) in [5.41, 5.74) is 0.480. The van der Waals surface area contributed by atoms with Crippen LogP contribution in [0.1, 0.15) is 98.3 Å². The number of hydrogen-bond donors (Lipinski definition) is 1. The van der Waals surface area contributed by atoms with Crippen LogP contribution in [0, 0.1) is 40.4 Å². The lowest BCUT2D eigenvalue weighted by Gasteiger charge is -2.52. The summed E-state index contributed by atoms with van der Waals surface area (Å²) >= 11 is 0. The lowest BCUT2D eigenvalue weighted by molar-refractivity contribution is -0.141. The lowest BCUT2D eigenvalue weighted by Crippen LogP contribution is -2.47. The molecule has 4 unspecified atom stereocenters. The first-order chi connectivity index (χ1) is 14.1. The Balaban J connectivity index is 1.68. The Labute approximate surface area is 183 Å². The van der Waals surface area contributed by atoms with Crippen LogP contribution in [0.3, 0.4) is 0 Å². The number of methoxy groups -OCH3 is 1. The van der Waals surface area contributed by atoms with Gasteiger partial charge in [0.25, 0.3) is 0 Å². The Morgan fingerprint density at radius 3 is 2.67 bits per heavy atom. The molecule has 30 heavy (non-hydrogen) atoms. The zero-order valence-electron chi connectivity index (χ0n) is 19.9. The van der Waals surface area contributed by atoms with Gasteiger partial charge in [0.2, 0.25) is 0 Å². The number of esters is 1. The molecule has 0 amide bonds. The molecule has 0 spiro atoms. The highest BCUT2D eigenvalue weighted by atomic mass is 16.5. The van der Waals surface area contributed by atoms with Crippen molar-refractivity contribution in [3.63, 3.8) is 0 Å². The molecule has 1 N–H and O–H groups in total. The number of rotatable bonds is 7. The van der Waals surface area contributed by atoms with Crippen LogP contribution in [0.2, 0.25) is 0 Å². The predicted molar refractivity (Wildman–Crippen MR) is 119 cm³/mol. The van der Waals surface area contributed by atoms with Crippen molar-refractivity contribution in [1.29, 1.82) is 0 Å². The zero-order chi connectivity index (χ0) is 22.1. The maximum absolute atomic E-state index is 12.5. The minimum atomic E-state index is -0.220. The van der Waals surface area contributed by atoms with E-state index in [4.69, 9.17) is 4.74 Å². The third kappa shape index (κ3) is 4.64. The van der Waals surface area contributed by atoms with E-state index in [1.165, 1.54) is 26.4 Å². The fourth-order valence-corrected chi connectivity index (χ4v) is 7.50. The van der Waals surface area contributed by atoms with E-state index in [9.17, 15) is 14.7 Å². The highest BCUT2D eigenvalue weighted by Crippen LogP contribution is 2.58. The minimum absolute atomic E-state index is 0.103. The highest BCUT2D eigenvalue weighted by Gasteiger charge is 2.51. The first-order valence-electron chi connectivity index (χ1n) is 12.4. The maximum Gasteiger partial charge on any atom is 0.305 e. The second-order valence-corrected chi connectivity index (χ2v) is 11.5. The van der Waals surface area contributed by atoms with Gasteiger partial charge in [0.05, 0.1) is 13.2 Å². The van der Waals surface area contributed by atoms with Gasteiger partial charge in [0.1, 0.15) is 5.78 Å². The molecule has 4 nitrogen and oxygen atoms in total. The average molecular weight is 421 g/mol. The van der Waals surface area contributed by atoms with E-state index in [1.54, 1.807) is 0 Å². The molecule has 0 radical (unpaired) electrons. The zero-order valence-corrected chi connectivity index (χ0v) is 19.9. The van der Waals surface area contributed by atoms with Crippen LogP contribution in [-0.4, -0.2) is 30.1 Å². The van der Waals surface area contributed by atoms with Crippen molar-refractivity contribution in [3.05, 3.63) is 0 Å². The molecule has 0 heterocycles. The summed E-state index contributed by atoms with van der Waals surface area (Å²) in [4.78, 5) is 24.2. The van der Waals surface area contributed by atoms with E-state index in [2.05, 4.69) is 27.7 Å². The molecule has 3 fully saturated rings. The quantitative estimate of drug-likeness (QED) is 0.548. The summed E-state index contributed by atoms with van der Waals surface area (Å²) in [6, 6.07) is 0. The summed E-state index contributed by atoms with van der Waals surface area (Å²) in [5.74, 6) is 2.94. The Bertz CT molecular complexity index is 631. The Hall–Kier alpha value is -0.900. The second-order valence-electron chi connectivity index (χ2n) is 11.5. The minimum Gasteiger partial charge on any atom is -0.469 e. The number of fused-ring (bicyclic) bond motifs is 1. The van der Waals surface area contributed by atoms with E-state index in [-0.39, 0.29) is 22.9 Å². The van der Waals surface area contributed by atoms with Gasteiger partial charge in [-0.25, -0.2) is 0 Å². The third-order valence-electron chi connectivity index (χ3n) is 10.0. The van der Waals surface area contributed by atoms with Gasteiger partial charge >= 0.3 is 5.97 Å². The second kappa shape index (κ2) is 9.30. The molecule has 0 bridgehead atoms. The smallest absolute Gasteiger partial charge is 0.305 e. The maximum atomic E-state index is 12.5. The summed E-state index contributed by atoms with van der Waals surface area (Å²) in [5, 5.41) is 10.2. The van der Waals surface area contributed by atoms with Gasteiger partial charge in [-0.3, -0.25) is 9.59 Å². The van der Waals surface area contributed by atoms with Gasteiger partial charge < -0.3 is 9.84 Å².